The van der Waals surface area contributed by atoms with Gasteiger partial charge in [-0.3, -0.25) is 9.59 Å². The number of carbonyl (C=O) groups is 3. The van der Waals surface area contributed by atoms with E-state index in [2.05, 4.69) is 6.58 Å². The molecule has 0 aromatic rings. The lowest BCUT2D eigenvalue weighted by atomic mass is 9.69. The fraction of sp³-hybridized carbons (Fsp3) is 0.800. The molecule has 1 unspecified atom stereocenters. The molecule has 1 atom stereocenters. The molecule has 0 aromatic heterocycles. The third-order valence-electron chi connectivity index (χ3n) is 7.28. The van der Waals surface area contributed by atoms with E-state index in [9.17, 15) is 14.4 Å². The molecule has 0 radical (unpaired) electrons. The summed E-state index contributed by atoms with van der Waals surface area (Å²) in [4.78, 5) is 38.0. The number of rotatable bonds is 9. The van der Waals surface area contributed by atoms with Crippen molar-refractivity contribution >= 4 is 17.8 Å². The predicted octanol–water partition coefficient (Wildman–Crippen LogP) is 4.38. The Morgan fingerprint density at radius 2 is 1.48 bits per heavy atom. The standard InChI is InChI=1S/C25H41NO5/c1-17(2)24(28)31-16-18(3)14-15-26(4)23(27)21-10-6-19(7-11-21)20-8-12-22(13-9-20)25(29)30-5/h18-22H,1,6-16H2,2-5H3. The Morgan fingerprint density at radius 3 is 1.97 bits per heavy atom. The van der Waals surface area contributed by atoms with Crippen LogP contribution in [0.15, 0.2) is 12.2 Å². The van der Waals surface area contributed by atoms with Gasteiger partial charge in [-0.2, -0.15) is 0 Å². The maximum atomic E-state index is 12.9. The Morgan fingerprint density at radius 1 is 0.968 bits per heavy atom. The summed E-state index contributed by atoms with van der Waals surface area (Å²) in [6.07, 6.45) is 9.08. The normalized spacial score (nSPS) is 27.1. The van der Waals surface area contributed by atoms with E-state index in [1.54, 1.807) is 6.92 Å². The summed E-state index contributed by atoms with van der Waals surface area (Å²) >= 11 is 0. The van der Waals surface area contributed by atoms with Gasteiger partial charge in [0.15, 0.2) is 0 Å². The van der Waals surface area contributed by atoms with Crippen LogP contribution < -0.4 is 0 Å². The van der Waals surface area contributed by atoms with Crippen LogP contribution in [0.4, 0.5) is 0 Å². The number of nitrogens with zero attached hydrogens (tertiary/aromatic N) is 1. The van der Waals surface area contributed by atoms with Gasteiger partial charge in [-0.1, -0.05) is 13.5 Å². The van der Waals surface area contributed by atoms with E-state index in [1.165, 1.54) is 7.11 Å². The molecule has 0 spiro atoms. The molecule has 2 aliphatic carbocycles. The highest BCUT2D eigenvalue weighted by Crippen LogP contribution is 2.41. The number of hydrogen-bond donors (Lipinski definition) is 0. The summed E-state index contributed by atoms with van der Waals surface area (Å²) in [5.74, 6) is 1.64. The first-order chi connectivity index (χ1) is 14.7. The van der Waals surface area contributed by atoms with Crippen molar-refractivity contribution in [2.24, 2.45) is 29.6 Å². The average molecular weight is 436 g/mol. The molecule has 2 fully saturated rings. The Balaban J connectivity index is 1.67. The third-order valence-corrected chi connectivity index (χ3v) is 7.28. The van der Waals surface area contributed by atoms with Gasteiger partial charge < -0.3 is 14.4 Å². The van der Waals surface area contributed by atoms with Crippen LogP contribution in [0.25, 0.3) is 0 Å². The van der Waals surface area contributed by atoms with Crippen molar-refractivity contribution in [3.05, 3.63) is 12.2 Å². The number of carbonyl (C=O) groups excluding carboxylic acids is 3. The minimum atomic E-state index is -0.355. The van der Waals surface area contributed by atoms with Crippen LogP contribution in [0, 0.1) is 29.6 Å². The minimum Gasteiger partial charge on any atom is -0.469 e. The maximum absolute atomic E-state index is 12.9. The molecule has 0 aromatic carbocycles. The van der Waals surface area contributed by atoms with E-state index in [0.29, 0.717) is 30.6 Å². The highest BCUT2D eigenvalue weighted by Gasteiger charge is 2.35. The molecule has 0 heterocycles. The molecule has 0 N–H and O–H groups in total. The molecule has 31 heavy (non-hydrogen) atoms. The fourth-order valence-electron chi connectivity index (χ4n) is 5.09. The lowest BCUT2D eigenvalue weighted by molar-refractivity contribution is -0.147. The largest absolute Gasteiger partial charge is 0.469 e. The summed E-state index contributed by atoms with van der Waals surface area (Å²) in [5.41, 5.74) is 0.409. The second-order valence-corrected chi connectivity index (χ2v) is 9.78. The first-order valence-electron chi connectivity index (χ1n) is 11.9. The highest BCUT2D eigenvalue weighted by molar-refractivity contribution is 5.86. The lowest BCUT2D eigenvalue weighted by Gasteiger charge is -2.37. The van der Waals surface area contributed by atoms with Gasteiger partial charge in [0.1, 0.15) is 0 Å². The molecular weight excluding hydrogens is 394 g/mol. The molecule has 0 bridgehead atoms. The third kappa shape index (κ3) is 7.65. The summed E-state index contributed by atoms with van der Waals surface area (Å²) in [5, 5.41) is 0. The maximum Gasteiger partial charge on any atom is 0.333 e. The van der Waals surface area contributed by atoms with Crippen LogP contribution in [-0.2, 0) is 23.9 Å². The van der Waals surface area contributed by atoms with Crippen LogP contribution >= 0.6 is 0 Å². The highest BCUT2D eigenvalue weighted by atomic mass is 16.5. The summed E-state index contributed by atoms with van der Waals surface area (Å²) in [6, 6.07) is 0. The summed E-state index contributed by atoms with van der Waals surface area (Å²) < 4.78 is 10.1. The van der Waals surface area contributed by atoms with Gasteiger partial charge in [0, 0.05) is 25.1 Å². The van der Waals surface area contributed by atoms with Crippen LogP contribution in [-0.4, -0.2) is 50.1 Å². The number of amides is 1. The quantitative estimate of drug-likeness (QED) is 0.397. The summed E-state index contributed by atoms with van der Waals surface area (Å²) in [7, 11) is 3.36. The van der Waals surface area contributed by atoms with E-state index in [1.807, 2.05) is 18.9 Å². The molecule has 6 nitrogen and oxygen atoms in total. The number of ether oxygens (including phenoxy) is 2. The average Bonchev–Trinajstić information content (AvgIpc) is 2.79. The van der Waals surface area contributed by atoms with Gasteiger partial charge in [-0.25, -0.2) is 4.79 Å². The smallest absolute Gasteiger partial charge is 0.333 e. The minimum absolute atomic E-state index is 0.0564. The van der Waals surface area contributed by atoms with Crippen molar-refractivity contribution < 1.29 is 23.9 Å². The van der Waals surface area contributed by atoms with Crippen LogP contribution in [0.1, 0.15) is 71.6 Å². The van der Waals surface area contributed by atoms with E-state index in [0.717, 1.165) is 57.8 Å². The number of methoxy groups -OCH3 is 1. The monoisotopic (exact) mass is 435 g/mol. The van der Waals surface area contributed by atoms with Crippen LogP contribution in [0.5, 0.6) is 0 Å². The second-order valence-electron chi connectivity index (χ2n) is 9.78. The van der Waals surface area contributed by atoms with Crippen molar-refractivity contribution in [1.82, 2.24) is 4.90 Å². The molecule has 0 aliphatic heterocycles. The van der Waals surface area contributed by atoms with Crippen molar-refractivity contribution in [1.29, 1.82) is 0 Å². The summed E-state index contributed by atoms with van der Waals surface area (Å²) in [6.45, 7) is 8.30. The Bertz CT molecular complexity index is 630. The van der Waals surface area contributed by atoms with Gasteiger partial charge in [0.2, 0.25) is 5.91 Å². The zero-order valence-corrected chi connectivity index (χ0v) is 19.9. The van der Waals surface area contributed by atoms with Crippen LogP contribution in [0.3, 0.4) is 0 Å². The molecule has 2 rings (SSSR count). The first-order valence-corrected chi connectivity index (χ1v) is 11.9. The van der Waals surface area contributed by atoms with Gasteiger partial charge in [0.05, 0.1) is 19.6 Å². The van der Waals surface area contributed by atoms with Gasteiger partial charge in [-0.05, 0) is 82.5 Å². The molecule has 6 heteroatoms. The molecule has 2 saturated carbocycles. The topological polar surface area (TPSA) is 72.9 Å². The Kier molecular flexibility index (Phi) is 10.0. The SMILES string of the molecule is C=C(C)C(=O)OCC(C)CCN(C)C(=O)C1CCC(C2CCC(C(=O)OC)CC2)CC1. The number of hydrogen-bond acceptors (Lipinski definition) is 5. The Hall–Kier alpha value is -1.85. The van der Waals surface area contributed by atoms with Crippen molar-refractivity contribution in [3.8, 4) is 0 Å². The molecule has 0 saturated heterocycles. The van der Waals surface area contributed by atoms with Crippen molar-refractivity contribution in [2.45, 2.75) is 71.6 Å². The van der Waals surface area contributed by atoms with E-state index >= 15 is 0 Å². The molecule has 176 valence electrons. The fourth-order valence-corrected chi connectivity index (χ4v) is 5.09. The molecular formula is C25H41NO5. The Labute approximate surface area is 187 Å². The first kappa shape index (κ1) is 25.4. The molecule has 2 aliphatic rings. The second kappa shape index (κ2) is 12.3. The lowest BCUT2D eigenvalue weighted by Crippen LogP contribution is -2.37. The van der Waals surface area contributed by atoms with E-state index in [4.69, 9.17) is 9.47 Å². The predicted molar refractivity (Wildman–Crippen MR) is 120 cm³/mol. The van der Waals surface area contributed by atoms with Crippen molar-refractivity contribution in [3.63, 3.8) is 0 Å². The zero-order valence-electron chi connectivity index (χ0n) is 19.9. The zero-order chi connectivity index (χ0) is 23.0. The van der Waals surface area contributed by atoms with Gasteiger partial charge >= 0.3 is 11.9 Å². The van der Waals surface area contributed by atoms with E-state index in [-0.39, 0.29) is 35.6 Å². The van der Waals surface area contributed by atoms with Crippen LogP contribution in [0.2, 0.25) is 0 Å². The molecule has 1 amide bonds. The van der Waals surface area contributed by atoms with E-state index < -0.39 is 0 Å². The van der Waals surface area contributed by atoms with Gasteiger partial charge in [-0.15, -0.1) is 0 Å². The van der Waals surface area contributed by atoms with Crippen molar-refractivity contribution in [2.75, 3.05) is 27.3 Å². The number of esters is 2. The van der Waals surface area contributed by atoms with Gasteiger partial charge in [0.25, 0.3) is 0 Å².